The number of aliphatic hydroxyl groups is 2. The molecule has 6 unspecified atom stereocenters. The molecule has 9 nitrogen and oxygen atoms in total. The van der Waals surface area contributed by atoms with Gasteiger partial charge >= 0.3 is 6.09 Å². The molecule has 0 spiro atoms. The summed E-state index contributed by atoms with van der Waals surface area (Å²) in [6, 6.07) is 5.07. The Morgan fingerprint density at radius 3 is 2.29 bits per heavy atom. The van der Waals surface area contributed by atoms with Gasteiger partial charge in [0, 0.05) is 43.1 Å². The molecule has 3 N–H and O–H groups in total. The van der Waals surface area contributed by atoms with Crippen LogP contribution in [0.4, 0.5) is 10.5 Å². The van der Waals surface area contributed by atoms with E-state index in [1.54, 1.807) is 18.2 Å². The van der Waals surface area contributed by atoms with Gasteiger partial charge in [0.25, 0.3) is 0 Å². The number of aliphatic hydroxyl groups excluding tert-OH is 2. The van der Waals surface area contributed by atoms with Crippen molar-refractivity contribution >= 4 is 17.7 Å². The summed E-state index contributed by atoms with van der Waals surface area (Å²) >= 11 is 0. The topological polar surface area (TPSA) is 118 Å². The second-order valence-corrected chi connectivity index (χ2v) is 11.8. The first-order valence-electron chi connectivity index (χ1n) is 13.9. The van der Waals surface area contributed by atoms with Gasteiger partial charge in [0.1, 0.15) is 17.6 Å². The summed E-state index contributed by atoms with van der Waals surface area (Å²) in [6.45, 7) is 5.56. The van der Waals surface area contributed by atoms with Crippen LogP contribution in [0.2, 0.25) is 0 Å². The minimum Gasteiger partial charge on any atom is -0.497 e. The van der Waals surface area contributed by atoms with Gasteiger partial charge in [0.2, 0.25) is 5.91 Å². The maximum atomic E-state index is 13.2. The average molecular weight is 533 g/mol. The van der Waals surface area contributed by atoms with Crippen molar-refractivity contribution in [3.05, 3.63) is 18.2 Å². The second-order valence-electron chi connectivity index (χ2n) is 11.8. The van der Waals surface area contributed by atoms with E-state index in [0.29, 0.717) is 49.3 Å². The number of nitrogens with zero attached hydrogens (tertiary/aromatic N) is 1. The summed E-state index contributed by atoms with van der Waals surface area (Å²) < 4.78 is 16.5. The Bertz CT molecular complexity index is 975. The highest BCUT2D eigenvalue weighted by Crippen LogP contribution is 2.61. The Labute approximate surface area is 225 Å². The molecule has 3 fully saturated rings. The number of methoxy groups -OCH3 is 2. The van der Waals surface area contributed by atoms with Gasteiger partial charge in [-0.2, -0.15) is 0 Å². The number of rotatable bonds is 7. The maximum absolute atomic E-state index is 13.2. The average Bonchev–Trinajstić information content (AvgIpc) is 2.92. The van der Waals surface area contributed by atoms with Gasteiger partial charge in [-0.3, -0.25) is 10.1 Å². The summed E-state index contributed by atoms with van der Waals surface area (Å²) in [7, 11) is 3.08. The van der Waals surface area contributed by atoms with Crippen molar-refractivity contribution < 1.29 is 34.0 Å². The van der Waals surface area contributed by atoms with Gasteiger partial charge in [0.05, 0.1) is 32.6 Å². The quantitative estimate of drug-likeness (QED) is 0.482. The van der Waals surface area contributed by atoms with Crippen LogP contribution in [0.15, 0.2) is 18.2 Å². The third-order valence-electron chi connectivity index (χ3n) is 9.63. The van der Waals surface area contributed by atoms with E-state index in [9.17, 15) is 19.8 Å². The standard InChI is InChI=1S/C29H44N2O7/c1-28-11-10-25(38-27(35)30-19-14-20(36-3)16-21(15-19)37-4)29(2,18-32)24(28)9-8-23(33)22(28)17-26(34)31-12-6-5-7-13-31/h14-16,22-25,32-33H,5-13,17-18H2,1-4H3,(H,30,35). The Kier molecular flexibility index (Phi) is 8.77. The molecule has 1 aliphatic heterocycles. The van der Waals surface area contributed by atoms with E-state index in [1.165, 1.54) is 14.2 Å². The summed E-state index contributed by atoms with van der Waals surface area (Å²) in [5.41, 5.74) is -0.574. The van der Waals surface area contributed by atoms with E-state index in [0.717, 1.165) is 32.4 Å². The molecule has 38 heavy (non-hydrogen) atoms. The van der Waals surface area contributed by atoms with Gasteiger partial charge < -0.3 is 29.3 Å². The summed E-state index contributed by atoms with van der Waals surface area (Å²) in [5.74, 6) is 0.998. The Hall–Kier alpha value is -2.52. The highest BCUT2D eigenvalue weighted by Gasteiger charge is 2.60. The van der Waals surface area contributed by atoms with Gasteiger partial charge in [-0.25, -0.2) is 4.79 Å². The van der Waals surface area contributed by atoms with Crippen LogP contribution in [-0.4, -0.2) is 73.2 Å². The van der Waals surface area contributed by atoms with E-state index in [1.807, 2.05) is 11.8 Å². The molecule has 1 aromatic carbocycles. The van der Waals surface area contributed by atoms with Crippen LogP contribution >= 0.6 is 0 Å². The number of hydrogen-bond donors (Lipinski definition) is 3. The summed E-state index contributed by atoms with van der Waals surface area (Å²) in [6.07, 6.45) is 4.38. The third-order valence-corrected chi connectivity index (χ3v) is 9.63. The second kappa shape index (κ2) is 11.7. The first kappa shape index (κ1) is 28.5. The summed E-state index contributed by atoms with van der Waals surface area (Å²) in [5, 5.41) is 24.5. The fraction of sp³-hybridized carbons (Fsp3) is 0.724. The SMILES string of the molecule is COc1cc(NC(=O)OC2CCC3(C)C(CC(=O)N4CCCCC4)C(O)CCC3C2(C)CO)cc(OC)c1. The van der Waals surface area contributed by atoms with E-state index >= 15 is 0 Å². The molecule has 212 valence electrons. The molecule has 9 heteroatoms. The predicted octanol–water partition coefficient (Wildman–Crippen LogP) is 4.21. The number of carbonyl (C=O) groups excluding carboxylic acids is 2. The van der Waals surface area contributed by atoms with Crippen LogP contribution in [0.5, 0.6) is 11.5 Å². The minimum atomic E-state index is -0.705. The lowest BCUT2D eigenvalue weighted by atomic mass is 9.46. The van der Waals surface area contributed by atoms with Gasteiger partial charge in [-0.05, 0) is 62.2 Å². The number of likely N-dealkylation sites (tertiary alicyclic amines) is 1. The van der Waals surface area contributed by atoms with Crippen molar-refractivity contribution in [3.63, 3.8) is 0 Å². The molecule has 0 aromatic heterocycles. The number of fused-ring (bicyclic) bond motifs is 1. The smallest absolute Gasteiger partial charge is 0.411 e. The molecule has 2 aliphatic carbocycles. The monoisotopic (exact) mass is 532 g/mol. The maximum Gasteiger partial charge on any atom is 0.411 e. The van der Waals surface area contributed by atoms with Crippen LogP contribution in [0.3, 0.4) is 0 Å². The van der Waals surface area contributed by atoms with Gasteiger partial charge in [-0.1, -0.05) is 13.8 Å². The van der Waals surface area contributed by atoms with E-state index < -0.39 is 23.7 Å². The number of nitrogens with one attached hydrogen (secondary N) is 1. The molecule has 0 bridgehead atoms. The Morgan fingerprint density at radius 2 is 1.68 bits per heavy atom. The Morgan fingerprint density at radius 1 is 1.03 bits per heavy atom. The molecule has 1 heterocycles. The number of piperidine rings is 1. The molecule has 4 rings (SSSR count). The zero-order valence-corrected chi connectivity index (χ0v) is 23.2. The lowest BCUT2D eigenvalue weighted by Gasteiger charge is -2.60. The molecule has 2 amide bonds. The van der Waals surface area contributed by atoms with E-state index in [2.05, 4.69) is 12.2 Å². The van der Waals surface area contributed by atoms with Crippen molar-refractivity contribution in [1.29, 1.82) is 0 Å². The lowest BCUT2D eigenvalue weighted by Crippen LogP contribution is -2.61. The zero-order chi connectivity index (χ0) is 27.5. The highest BCUT2D eigenvalue weighted by atomic mass is 16.6. The van der Waals surface area contributed by atoms with Crippen LogP contribution in [0.25, 0.3) is 0 Å². The third kappa shape index (κ3) is 5.59. The van der Waals surface area contributed by atoms with Crippen molar-refractivity contribution in [2.45, 2.75) is 77.4 Å². The predicted molar refractivity (Wildman–Crippen MR) is 143 cm³/mol. The number of anilines is 1. The van der Waals surface area contributed by atoms with Crippen molar-refractivity contribution in [3.8, 4) is 11.5 Å². The summed E-state index contributed by atoms with van der Waals surface area (Å²) in [4.78, 5) is 28.1. The van der Waals surface area contributed by atoms with Crippen molar-refractivity contribution in [1.82, 2.24) is 4.90 Å². The number of ether oxygens (including phenoxy) is 3. The van der Waals surface area contributed by atoms with Crippen LogP contribution in [0.1, 0.15) is 65.2 Å². The van der Waals surface area contributed by atoms with Crippen molar-refractivity contribution in [2.24, 2.45) is 22.7 Å². The number of amides is 2. The lowest BCUT2D eigenvalue weighted by molar-refractivity contribution is -0.186. The van der Waals surface area contributed by atoms with Gasteiger partial charge in [-0.15, -0.1) is 0 Å². The minimum absolute atomic E-state index is 0.00832. The van der Waals surface area contributed by atoms with Crippen LogP contribution in [0, 0.1) is 22.7 Å². The fourth-order valence-corrected chi connectivity index (χ4v) is 7.40. The molecule has 3 aliphatic rings. The number of hydrogen-bond acceptors (Lipinski definition) is 7. The molecule has 0 radical (unpaired) electrons. The van der Waals surface area contributed by atoms with Gasteiger partial charge in [0.15, 0.2) is 0 Å². The van der Waals surface area contributed by atoms with Crippen molar-refractivity contribution in [2.75, 3.05) is 39.2 Å². The Balaban J connectivity index is 1.49. The molecular weight excluding hydrogens is 488 g/mol. The van der Waals surface area contributed by atoms with Crippen LogP contribution in [-0.2, 0) is 9.53 Å². The molecule has 2 saturated carbocycles. The molecular formula is C29H44N2O7. The normalized spacial score (nSPS) is 33.2. The number of carbonyl (C=O) groups is 2. The fourth-order valence-electron chi connectivity index (χ4n) is 7.40. The number of benzene rings is 1. The largest absolute Gasteiger partial charge is 0.497 e. The highest BCUT2D eigenvalue weighted by molar-refractivity contribution is 5.85. The first-order chi connectivity index (χ1) is 18.1. The molecule has 1 aromatic rings. The van der Waals surface area contributed by atoms with Crippen LogP contribution < -0.4 is 14.8 Å². The zero-order valence-electron chi connectivity index (χ0n) is 23.2. The first-order valence-corrected chi connectivity index (χ1v) is 13.9. The van der Waals surface area contributed by atoms with E-state index in [4.69, 9.17) is 14.2 Å². The molecule has 1 saturated heterocycles. The van der Waals surface area contributed by atoms with E-state index in [-0.39, 0.29) is 29.8 Å². The molecule has 6 atom stereocenters.